The first-order valence-corrected chi connectivity index (χ1v) is 18.6. The Morgan fingerprint density at radius 3 is 1.61 bits per heavy atom. The molecule has 0 saturated carbocycles. The molecule has 0 aromatic heterocycles. The van der Waals surface area contributed by atoms with Crippen LogP contribution in [-0.2, 0) is 69.1 Å². The minimum Gasteiger partial charge on any atom is -0.394 e. The molecule has 11 atom stereocenters. The predicted octanol–water partition coefficient (Wildman–Crippen LogP) is -6.07. The van der Waals surface area contributed by atoms with Gasteiger partial charge in [-0.25, -0.2) is 18.3 Å². The average molecular weight is 806 g/mol. The first-order chi connectivity index (χ1) is 22.3. The molecular weight excluding hydrogens is 772 g/mol. The van der Waals surface area contributed by atoms with Crippen molar-refractivity contribution >= 4 is 55.4 Å². The van der Waals surface area contributed by atoms with E-state index in [1.54, 1.807) is 0 Å². The van der Waals surface area contributed by atoms with Crippen LogP contribution in [-0.4, -0.2) is 173 Å². The highest BCUT2D eigenvalue weighted by atomic mass is 31.2. The van der Waals surface area contributed by atoms with E-state index in [0.29, 0.717) is 0 Å². The topological polar surface area (TPSA) is 444 Å². The zero-order valence-electron chi connectivity index (χ0n) is 24.3. The van der Waals surface area contributed by atoms with Crippen molar-refractivity contribution in [2.45, 2.75) is 48.8 Å². The van der Waals surface area contributed by atoms with E-state index in [-0.39, 0.29) is 12.6 Å². The van der Waals surface area contributed by atoms with Crippen LogP contribution in [0.3, 0.4) is 0 Å². The lowest BCUT2D eigenvalue weighted by Crippen LogP contribution is -2.48. The molecule has 0 amide bonds. The molecule has 0 bridgehead atoms. The lowest BCUT2D eigenvalue weighted by atomic mass is 10.1. The number of phosphoric acid groups is 4. The Labute approximate surface area is 273 Å². The fourth-order valence-electron chi connectivity index (χ4n) is 2.71. The molecule has 0 aromatic carbocycles. The molecule has 4 unspecified atom stereocenters. The molecule has 0 heterocycles. The summed E-state index contributed by atoms with van der Waals surface area (Å²) in [7, 11) is -23.0. The second kappa shape index (κ2) is 21.4. The van der Waals surface area contributed by atoms with Gasteiger partial charge in [-0.2, -0.15) is 0 Å². The van der Waals surface area contributed by atoms with Crippen LogP contribution in [0, 0.1) is 0 Å². The SMILES string of the molecule is O=CC(O)COP(=O)(O)OCC(=O)[C@@H](OP(=O)(O)O[C@@H](C=O)[C@H](O)CO)[C@H](OP(=O)(O)OCC(=O)[C@@H](O)[C@H](O)CO)[C@H](O)COP(=O)(O)O. The first-order valence-electron chi connectivity index (χ1n) is 12.6. The van der Waals surface area contributed by atoms with Gasteiger partial charge in [0.15, 0.2) is 36.3 Å². The van der Waals surface area contributed by atoms with Crippen LogP contribution < -0.4 is 0 Å². The minimum absolute atomic E-state index is 0.157. The van der Waals surface area contributed by atoms with Crippen molar-refractivity contribution in [3.63, 3.8) is 0 Å². The van der Waals surface area contributed by atoms with Crippen LogP contribution in [0.4, 0.5) is 0 Å². The molecule has 27 nitrogen and oxygen atoms in total. The van der Waals surface area contributed by atoms with Crippen LogP contribution in [0.1, 0.15) is 0 Å². The van der Waals surface area contributed by atoms with Crippen molar-refractivity contribution < 1.29 is 129 Å². The number of ketones is 2. The molecule has 0 aliphatic rings. The van der Waals surface area contributed by atoms with Gasteiger partial charge in [-0.3, -0.25) is 41.3 Å². The number of carbonyl (C=O) groups is 4. The van der Waals surface area contributed by atoms with Crippen molar-refractivity contribution in [3.8, 4) is 0 Å². The van der Waals surface area contributed by atoms with Crippen molar-refractivity contribution in [2.75, 3.05) is 39.6 Å². The molecule has 49 heavy (non-hydrogen) atoms. The first kappa shape index (κ1) is 47.8. The Bertz CT molecular complexity index is 1270. The van der Waals surface area contributed by atoms with E-state index < -0.39 is 131 Å². The molecular formula is C18H34O27P4. The zero-order chi connectivity index (χ0) is 38.4. The quantitative estimate of drug-likeness (QED) is 0.0258. The van der Waals surface area contributed by atoms with Gasteiger partial charge < -0.3 is 69.8 Å². The van der Waals surface area contributed by atoms with E-state index in [9.17, 15) is 72.5 Å². The molecule has 0 aliphatic heterocycles. The number of hydrogen-bond donors (Lipinski definition) is 12. The highest BCUT2D eigenvalue weighted by Gasteiger charge is 2.47. The third kappa shape index (κ3) is 19.3. The Kier molecular flexibility index (Phi) is 20.9. The standard InChI is InChI=1S/C18H34O27P4/c19-1-9(23)5-40-47(33,34)41-8-14(28)18(45-49(37,38)43-15(4-22)10(24)2-20)17(13(27)7-39-46(30,31)32)44-48(35,36)42-6-12(26)16(29)11(25)3-21/h1,4,9-11,13,15-18,20-21,23-25,27,29H,2-3,5-8H2,(H,33,34)(H,35,36)(H,37,38)(H2,30,31,32)/t9?,10-,11-,13-,15+,16+,17-,18-/m1/s1. The van der Waals surface area contributed by atoms with E-state index in [2.05, 4.69) is 31.7 Å². The van der Waals surface area contributed by atoms with Gasteiger partial charge >= 0.3 is 31.3 Å². The molecule has 0 aliphatic carbocycles. The average Bonchev–Trinajstić information content (AvgIpc) is 3.02. The van der Waals surface area contributed by atoms with E-state index in [1.807, 2.05) is 0 Å². The van der Waals surface area contributed by atoms with Crippen LogP contribution in [0.2, 0.25) is 0 Å². The summed E-state index contributed by atoms with van der Waals surface area (Å²) in [4.78, 5) is 94.6. The van der Waals surface area contributed by atoms with Gasteiger partial charge in [0.2, 0.25) is 0 Å². The van der Waals surface area contributed by atoms with Crippen molar-refractivity contribution in [1.29, 1.82) is 0 Å². The Morgan fingerprint density at radius 1 is 0.592 bits per heavy atom. The van der Waals surface area contributed by atoms with E-state index in [4.69, 9.17) is 25.1 Å². The maximum absolute atomic E-state index is 13.1. The van der Waals surface area contributed by atoms with Gasteiger partial charge in [0.1, 0.15) is 49.8 Å². The fraction of sp³-hybridized carbons (Fsp3) is 0.778. The number of aldehydes is 2. The Morgan fingerprint density at radius 2 is 1.12 bits per heavy atom. The summed E-state index contributed by atoms with van der Waals surface area (Å²) < 4.78 is 78.7. The van der Waals surface area contributed by atoms with Crippen molar-refractivity contribution in [2.24, 2.45) is 0 Å². The number of aliphatic hydroxyl groups is 7. The monoisotopic (exact) mass is 806 g/mol. The van der Waals surface area contributed by atoms with Gasteiger partial charge in [-0.05, 0) is 0 Å². The van der Waals surface area contributed by atoms with Gasteiger partial charge in [-0.15, -0.1) is 0 Å². The molecule has 0 rings (SSSR count). The van der Waals surface area contributed by atoms with Gasteiger partial charge in [0.05, 0.1) is 26.4 Å². The summed E-state index contributed by atoms with van der Waals surface area (Å²) in [6.45, 7) is -8.92. The molecule has 0 aromatic rings. The lowest BCUT2D eigenvalue weighted by Gasteiger charge is -2.32. The molecule has 288 valence electrons. The summed E-state index contributed by atoms with van der Waals surface area (Å²) in [5.41, 5.74) is 0. The normalized spacial score (nSPS) is 21.0. The summed E-state index contributed by atoms with van der Waals surface area (Å²) in [6, 6.07) is 0. The van der Waals surface area contributed by atoms with E-state index >= 15 is 0 Å². The fourth-order valence-corrected chi connectivity index (χ4v) is 5.75. The second-order valence-electron chi connectivity index (χ2n) is 8.98. The summed E-state index contributed by atoms with van der Waals surface area (Å²) in [5.74, 6) is -3.61. The highest BCUT2D eigenvalue weighted by molar-refractivity contribution is 7.48. The third-order valence-corrected chi connectivity index (χ3v) is 8.44. The number of hydrogen-bond acceptors (Lipinski definition) is 22. The minimum atomic E-state index is -6.06. The Balaban J connectivity index is 6.74. The zero-order valence-corrected chi connectivity index (χ0v) is 27.9. The van der Waals surface area contributed by atoms with E-state index in [1.165, 1.54) is 0 Å². The van der Waals surface area contributed by atoms with E-state index in [0.717, 1.165) is 0 Å². The number of phosphoric ester groups is 4. The maximum atomic E-state index is 13.1. The molecule has 0 spiro atoms. The van der Waals surface area contributed by atoms with Crippen LogP contribution in [0.15, 0.2) is 0 Å². The summed E-state index contributed by atoms with van der Waals surface area (Å²) in [5, 5.41) is 65.9. The smallest absolute Gasteiger partial charge is 0.394 e. The number of aliphatic hydroxyl groups excluding tert-OH is 7. The largest absolute Gasteiger partial charge is 0.473 e. The molecule has 31 heteroatoms. The Hall–Kier alpha value is -1.16. The number of carbonyl (C=O) groups excluding carboxylic acids is 4. The molecule has 12 N–H and O–H groups in total. The highest BCUT2D eigenvalue weighted by Crippen LogP contribution is 2.51. The molecule has 0 radical (unpaired) electrons. The van der Waals surface area contributed by atoms with Crippen LogP contribution >= 0.6 is 31.3 Å². The third-order valence-electron chi connectivity index (χ3n) is 5.05. The molecule has 0 fully saturated rings. The molecule has 0 saturated heterocycles. The van der Waals surface area contributed by atoms with Gasteiger partial charge in [0.25, 0.3) is 0 Å². The summed E-state index contributed by atoms with van der Waals surface area (Å²) >= 11 is 0. The predicted molar refractivity (Wildman–Crippen MR) is 146 cm³/mol. The number of rotatable bonds is 28. The van der Waals surface area contributed by atoms with Crippen molar-refractivity contribution in [3.05, 3.63) is 0 Å². The van der Waals surface area contributed by atoms with Gasteiger partial charge in [0, 0.05) is 0 Å². The van der Waals surface area contributed by atoms with Crippen LogP contribution in [0.5, 0.6) is 0 Å². The summed E-state index contributed by atoms with van der Waals surface area (Å²) in [6.07, 6.45) is -20.9. The number of Topliss-reactive ketones (excluding diaryl/α,β-unsaturated/α-hetero) is 2. The lowest BCUT2D eigenvalue weighted by molar-refractivity contribution is -0.143. The van der Waals surface area contributed by atoms with Crippen LogP contribution in [0.25, 0.3) is 0 Å². The second-order valence-corrected chi connectivity index (χ2v) is 14.4. The van der Waals surface area contributed by atoms with Crippen molar-refractivity contribution in [1.82, 2.24) is 0 Å². The van der Waals surface area contributed by atoms with Gasteiger partial charge in [-0.1, -0.05) is 0 Å². The maximum Gasteiger partial charge on any atom is 0.473 e.